The zero-order valence-corrected chi connectivity index (χ0v) is 20.1. The van der Waals surface area contributed by atoms with Gasteiger partial charge in [0.2, 0.25) is 11.8 Å². The van der Waals surface area contributed by atoms with Gasteiger partial charge in [-0.3, -0.25) is 9.69 Å². The molecule has 0 spiro atoms. The van der Waals surface area contributed by atoms with Crippen LogP contribution >= 0.6 is 0 Å². The molecular weight excluding hydrogens is 433 g/mol. The van der Waals surface area contributed by atoms with Gasteiger partial charge in [-0.05, 0) is 36.8 Å². The number of benzene rings is 1. The second-order valence-corrected chi connectivity index (χ2v) is 9.43. The van der Waals surface area contributed by atoms with Crippen LogP contribution in [0.15, 0.2) is 36.5 Å². The molecule has 1 aliphatic heterocycles. The minimum absolute atomic E-state index is 0.0391. The number of hydrogen-bond acceptors (Lipinski definition) is 5. The molecule has 0 unspecified atom stereocenters. The lowest BCUT2D eigenvalue weighted by atomic mass is 9.84. The first kappa shape index (κ1) is 24.6. The Morgan fingerprint density at radius 2 is 1.94 bits per heavy atom. The van der Waals surface area contributed by atoms with E-state index in [1.54, 1.807) is 0 Å². The number of rotatable bonds is 9. The molecule has 4 rings (SSSR count). The molecule has 2 aliphatic rings. The van der Waals surface area contributed by atoms with Gasteiger partial charge in [-0.25, -0.2) is 9.37 Å². The number of morpholine rings is 1. The van der Waals surface area contributed by atoms with Crippen LogP contribution in [0.4, 0.5) is 4.39 Å². The maximum Gasteiger partial charge on any atom is 0.224 e. The third-order valence-corrected chi connectivity index (χ3v) is 6.96. The largest absolute Gasteiger partial charge is 0.476 e. The number of nitrogens with zero attached hydrogens (tertiary/aromatic N) is 2. The maximum absolute atomic E-state index is 14.7. The average Bonchev–Trinajstić information content (AvgIpc) is 2.86. The van der Waals surface area contributed by atoms with Crippen molar-refractivity contribution in [1.29, 1.82) is 0 Å². The van der Waals surface area contributed by atoms with Crippen LogP contribution in [-0.4, -0.2) is 61.3 Å². The summed E-state index contributed by atoms with van der Waals surface area (Å²) in [6, 6.07) is 8.99. The summed E-state index contributed by atoms with van der Waals surface area (Å²) in [7, 11) is 0. The predicted octanol–water partition coefficient (Wildman–Crippen LogP) is 4.23. The van der Waals surface area contributed by atoms with Gasteiger partial charge in [0.05, 0.1) is 19.6 Å². The van der Waals surface area contributed by atoms with Gasteiger partial charge in [-0.2, -0.15) is 0 Å². The van der Waals surface area contributed by atoms with Crippen molar-refractivity contribution in [2.24, 2.45) is 5.92 Å². The van der Waals surface area contributed by atoms with E-state index in [4.69, 9.17) is 9.47 Å². The topological polar surface area (TPSA) is 63.7 Å². The van der Waals surface area contributed by atoms with E-state index < -0.39 is 0 Å². The molecule has 0 radical (unpaired) electrons. The Morgan fingerprint density at radius 1 is 1.21 bits per heavy atom. The molecule has 1 amide bonds. The van der Waals surface area contributed by atoms with Gasteiger partial charge in [0, 0.05) is 43.5 Å². The predicted molar refractivity (Wildman–Crippen MR) is 130 cm³/mol. The summed E-state index contributed by atoms with van der Waals surface area (Å²) in [5.74, 6) is 0.539. The summed E-state index contributed by atoms with van der Waals surface area (Å²) >= 11 is 0. The summed E-state index contributed by atoms with van der Waals surface area (Å²) in [6.45, 7) is 6.60. The fraction of sp³-hybridized carbons (Fsp3) is 0.556. The Labute approximate surface area is 201 Å². The molecule has 1 saturated carbocycles. The van der Waals surface area contributed by atoms with E-state index in [1.807, 2.05) is 24.3 Å². The first-order valence-electron chi connectivity index (χ1n) is 12.6. The van der Waals surface area contributed by atoms with Crippen molar-refractivity contribution in [2.75, 3.05) is 39.5 Å². The summed E-state index contributed by atoms with van der Waals surface area (Å²) < 4.78 is 25.7. The maximum atomic E-state index is 14.7. The monoisotopic (exact) mass is 469 g/mol. The molecule has 1 atom stereocenters. The van der Waals surface area contributed by atoms with E-state index in [-0.39, 0.29) is 23.6 Å². The number of aromatic nitrogens is 1. The van der Waals surface area contributed by atoms with Crippen molar-refractivity contribution >= 4 is 5.91 Å². The van der Waals surface area contributed by atoms with Crippen LogP contribution in [0.5, 0.6) is 5.88 Å². The second-order valence-electron chi connectivity index (χ2n) is 9.43. The Bertz CT molecular complexity index is 925. The SMILES string of the molecule is C[C@@H](NC(=O)Cc1ccc(-c2cnc(OCCN3CCOCC3)cc2F)cc1)C1CCCCC1. The lowest BCUT2D eigenvalue weighted by molar-refractivity contribution is -0.121. The lowest BCUT2D eigenvalue weighted by Crippen LogP contribution is -2.39. The van der Waals surface area contributed by atoms with Crippen molar-refractivity contribution in [3.63, 3.8) is 0 Å². The Kier molecular flexibility index (Phi) is 8.88. The van der Waals surface area contributed by atoms with Crippen molar-refractivity contribution in [3.8, 4) is 17.0 Å². The minimum Gasteiger partial charge on any atom is -0.476 e. The van der Waals surface area contributed by atoms with Crippen LogP contribution < -0.4 is 10.1 Å². The van der Waals surface area contributed by atoms with Crippen molar-refractivity contribution in [3.05, 3.63) is 47.9 Å². The molecule has 6 nitrogen and oxygen atoms in total. The zero-order valence-electron chi connectivity index (χ0n) is 20.1. The number of hydrogen-bond donors (Lipinski definition) is 1. The molecule has 2 aromatic rings. The van der Waals surface area contributed by atoms with E-state index in [2.05, 4.69) is 22.1 Å². The molecule has 184 valence electrons. The van der Waals surface area contributed by atoms with Crippen LogP contribution in [0.2, 0.25) is 0 Å². The molecule has 0 bridgehead atoms. The average molecular weight is 470 g/mol. The Balaban J connectivity index is 1.27. The van der Waals surface area contributed by atoms with E-state index >= 15 is 0 Å². The van der Waals surface area contributed by atoms with E-state index in [0.29, 0.717) is 24.5 Å². The quantitative estimate of drug-likeness (QED) is 0.596. The smallest absolute Gasteiger partial charge is 0.224 e. The van der Waals surface area contributed by atoms with Crippen LogP contribution in [0.1, 0.15) is 44.6 Å². The number of amides is 1. The third kappa shape index (κ3) is 7.00. The summed E-state index contributed by atoms with van der Waals surface area (Å²) in [5, 5.41) is 3.17. The van der Waals surface area contributed by atoms with Gasteiger partial charge in [0.15, 0.2) is 0 Å². The van der Waals surface area contributed by atoms with E-state index in [9.17, 15) is 9.18 Å². The number of halogens is 1. The number of carbonyl (C=O) groups excluding carboxylic acids is 1. The lowest BCUT2D eigenvalue weighted by Gasteiger charge is -2.28. The number of pyridine rings is 1. The normalized spacial score (nSPS) is 18.4. The molecule has 1 saturated heterocycles. The highest BCUT2D eigenvalue weighted by Gasteiger charge is 2.21. The van der Waals surface area contributed by atoms with Crippen molar-refractivity contribution < 1.29 is 18.7 Å². The molecule has 1 aliphatic carbocycles. The first-order chi connectivity index (χ1) is 16.6. The van der Waals surface area contributed by atoms with Crippen LogP contribution in [0.25, 0.3) is 11.1 Å². The van der Waals surface area contributed by atoms with Gasteiger partial charge < -0.3 is 14.8 Å². The summed E-state index contributed by atoms with van der Waals surface area (Å²) in [4.78, 5) is 19.0. The molecule has 1 aromatic heterocycles. The zero-order chi connectivity index (χ0) is 23.8. The first-order valence-corrected chi connectivity index (χ1v) is 12.6. The number of nitrogens with one attached hydrogen (secondary N) is 1. The van der Waals surface area contributed by atoms with Gasteiger partial charge >= 0.3 is 0 Å². The van der Waals surface area contributed by atoms with Crippen LogP contribution in [0.3, 0.4) is 0 Å². The number of ether oxygens (including phenoxy) is 2. The highest BCUT2D eigenvalue weighted by molar-refractivity contribution is 5.79. The standard InChI is InChI=1S/C27H36FN3O3/c1-20(22-5-3-2-4-6-22)30-26(32)17-21-7-9-23(10-8-21)24-19-29-27(18-25(24)28)34-16-13-31-11-14-33-15-12-31/h7-10,18-20,22H,2-6,11-17H2,1H3,(H,30,32)/t20-/m1/s1. The highest BCUT2D eigenvalue weighted by Crippen LogP contribution is 2.27. The fourth-order valence-electron chi connectivity index (χ4n) is 4.85. The van der Waals surface area contributed by atoms with E-state index in [1.165, 1.54) is 44.4 Å². The molecule has 1 aromatic carbocycles. The minimum atomic E-state index is -0.372. The molecule has 7 heteroatoms. The van der Waals surface area contributed by atoms with Crippen LogP contribution in [0, 0.1) is 11.7 Å². The van der Waals surface area contributed by atoms with Gasteiger partial charge in [0.1, 0.15) is 12.4 Å². The fourth-order valence-corrected chi connectivity index (χ4v) is 4.85. The molecule has 2 fully saturated rings. The van der Waals surface area contributed by atoms with Gasteiger partial charge in [-0.15, -0.1) is 0 Å². The summed E-state index contributed by atoms with van der Waals surface area (Å²) in [5.41, 5.74) is 2.06. The Morgan fingerprint density at radius 3 is 2.65 bits per heavy atom. The summed E-state index contributed by atoms with van der Waals surface area (Å²) in [6.07, 6.45) is 8.07. The third-order valence-electron chi connectivity index (χ3n) is 6.96. The van der Waals surface area contributed by atoms with Crippen molar-refractivity contribution in [1.82, 2.24) is 15.2 Å². The highest BCUT2D eigenvalue weighted by atomic mass is 19.1. The van der Waals surface area contributed by atoms with E-state index in [0.717, 1.165) is 44.0 Å². The number of carbonyl (C=O) groups is 1. The van der Waals surface area contributed by atoms with Crippen molar-refractivity contribution in [2.45, 2.75) is 51.5 Å². The second kappa shape index (κ2) is 12.3. The molecule has 2 heterocycles. The Hall–Kier alpha value is -2.51. The van der Waals surface area contributed by atoms with Crippen LogP contribution in [-0.2, 0) is 16.0 Å². The molecule has 1 N–H and O–H groups in total. The van der Waals surface area contributed by atoms with Gasteiger partial charge in [0.25, 0.3) is 0 Å². The molecular formula is C27H36FN3O3. The van der Waals surface area contributed by atoms with Gasteiger partial charge in [-0.1, -0.05) is 43.5 Å². The molecule has 34 heavy (non-hydrogen) atoms.